The number of anilines is 1. The fraction of sp³-hybridized carbons (Fsp3) is 0.444. The standard InChI is InChI=1S/C27H31BrF4N2O7/c1-26(2,3)41-25(38)33-17(10-11-35)12-18-19(28)13-20(40-15-16-8-6-5-7-9-16)23(22(18)29)34(14-21(36)39-4)24(37)27(30,31)32/h5-9,13,17,35H,10-12,14-15H2,1-4H3,(H,33,38)/t17-/m1/s1. The molecule has 0 unspecified atom stereocenters. The van der Waals surface area contributed by atoms with Crippen molar-refractivity contribution < 1.29 is 51.3 Å². The van der Waals surface area contributed by atoms with Crippen LogP contribution in [0, 0.1) is 5.82 Å². The van der Waals surface area contributed by atoms with Gasteiger partial charge in [0.1, 0.15) is 30.2 Å². The molecule has 0 bridgehead atoms. The molecule has 2 amide bonds. The quantitative estimate of drug-likeness (QED) is 0.258. The van der Waals surface area contributed by atoms with E-state index in [-0.39, 0.29) is 34.4 Å². The molecule has 0 heterocycles. The van der Waals surface area contributed by atoms with Gasteiger partial charge in [-0.15, -0.1) is 0 Å². The van der Waals surface area contributed by atoms with Crippen molar-refractivity contribution in [2.45, 2.75) is 58.0 Å². The summed E-state index contributed by atoms with van der Waals surface area (Å²) in [6, 6.07) is 8.66. The van der Waals surface area contributed by atoms with Crippen LogP contribution in [0.25, 0.3) is 0 Å². The van der Waals surface area contributed by atoms with E-state index in [0.717, 1.165) is 13.2 Å². The average Bonchev–Trinajstić information content (AvgIpc) is 2.87. The smallest absolute Gasteiger partial charge is 0.471 e. The van der Waals surface area contributed by atoms with Crippen LogP contribution in [0.2, 0.25) is 0 Å². The summed E-state index contributed by atoms with van der Waals surface area (Å²) in [5, 5.41) is 12.0. The second-order valence-corrected chi connectivity index (χ2v) is 10.7. The van der Waals surface area contributed by atoms with Gasteiger partial charge in [0.05, 0.1) is 7.11 Å². The lowest BCUT2D eigenvalue weighted by atomic mass is 10.0. The molecule has 0 fully saturated rings. The van der Waals surface area contributed by atoms with Crippen molar-refractivity contribution in [1.82, 2.24) is 5.32 Å². The number of carbonyl (C=O) groups excluding carboxylic acids is 3. The van der Waals surface area contributed by atoms with E-state index in [1.54, 1.807) is 51.1 Å². The summed E-state index contributed by atoms with van der Waals surface area (Å²) in [5.74, 6) is -5.57. The van der Waals surface area contributed by atoms with Crippen molar-refractivity contribution in [1.29, 1.82) is 0 Å². The zero-order valence-corrected chi connectivity index (χ0v) is 24.4. The molecule has 0 radical (unpaired) electrons. The van der Waals surface area contributed by atoms with E-state index >= 15 is 4.39 Å². The van der Waals surface area contributed by atoms with Gasteiger partial charge < -0.3 is 24.6 Å². The predicted molar refractivity (Wildman–Crippen MR) is 144 cm³/mol. The number of nitrogens with one attached hydrogen (secondary N) is 1. The van der Waals surface area contributed by atoms with Crippen LogP contribution in [-0.4, -0.2) is 61.2 Å². The van der Waals surface area contributed by atoms with Gasteiger partial charge in [0.2, 0.25) is 0 Å². The van der Waals surface area contributed by atoms with Gasteiger partial charge in [0, 0.05) is 22.7 Å². The molecule has 0 aliphatic rings. The lowest BCUT2D eigenvalue weighted by molar-refractivity contribution is -0.171. The van der Waals surface area contributed by atoms with Gasteiger partial charge in [-0.1, -0.05) is 46.3 Å². The van der Waals surface area contributed by atoms with Crippen LogP contribution < -0.4 is 15.0 Å². The molecule has 2 aromatic rings. The predicted octanol–water partition coefficient (Wildman–Crippen LogP) is 5.05. The summed E-state index contributed by atoms with van der Waals surface area (Å²) in [7, 11) is 0.899. The van der Waals surface area contributed by atoms with Crippen molar-refractivity contribution in [2.24, 2.45) is 0 Å². The average molecular weight is 651 g/mol. The summed E-state index contributed by atoms with van der Waals surface area (Å²) in [6.07, 6.45) is -6.76. The van der Waals surface area contributed by atoms with E-state index in [9.17, 15) is 32.7 Å². The molecule has 2 aromatic carbocycles. The van der Waals surface area contributed by atoms with Crippen LogP contribution in [0.15, 0.2) is 40.9 Å². The van der Waals surface area contributed by atoms with Crippen molar-refractivity contribution in [3.8, 4) is 5.75 Å². The number of hydrogen-bond donors (Lipinski definition) is 2. The number of nitrogens with zero attached hydrogens (tertiary/aromatic N) is 1. The molecule has 226 valence electrons. The number of aliphatic hydroxyl groups is 1. The van der Waals surface area contributed by atoms with Crippen LogP contribution >= 0.6 is 15.9 Å². The molecule has 0 aliphatic carbocycles. The zero-order chi connectivity index (χ0) is 31.0. The Bertz CT molecular complexity index is 1220. The highest BCUT2D eigenvalue weighted by atomic mass is 79.9. The maximum Gasteiger partial charge on any atom is 0.471 e. The maximum absolute atomic E-state index is 16.3. The molecule has 14 heteroatoms. The summed E-state index contributed by atoms with van der Waals surface area (Å²) >= 11 is 3.20. The number of rotatable bonds is 11. The van der Waals surface area contributed by atoms with Gasteiger partial charge in [-0.25, -0.2) is 9.18 Å². The van der Waals surface area contributed by atoms with Gasteiger partial charge >= 0.3 is 24.1 Å². The molecular weight excluding hydrogens is 620 g/mol. The van der Waals surface area contributed by atoms with Crippen LogP contribution in [-0.2, 0) is 32.1 Å². The normalized spacial score (nSPS) is 12.3. The number of ether oxygens (including phenoxy) is 3. The summed E-state index contributed by atoms with van der Waals surface area (Å²) in [6.45, 7) is 2.96. The first-order chi connectivity index (χ1) is 19.1. The Labute approximate surface area is 242 Å². The fourth-order valence-corrected chi connectivity index (χ4v) is 4.16. The highest BCUT2D eigenvalue weighted by Gasteiger charge is 2.46. The molecule has 0 aromatic heterocycles. The molecule has 2 rings (SSSR count). The van der Waals surface area contributed by atoms with Crippen LogP contribution in [0.3, 0.4) is 0 Å². The van der Waals surface area contributed by atoms with E-state index in [0.29, 0.717) is 5.56 Å². The molecule has 2 N–H and O–H groups in total. The van der Waals surface area contributed by atoms with E-state index in [1.807, 2.05) is 0 Å². The first kappa shape index (κ1) is 33.8. The van der Waals surface area contributed by atoms with Crippen molar-refractivity contribution >= 4 is 39.6 Å². The topological polar surface area (TPSA) is 114 Å². The van der Waals surface area contributed by atoms with Crippen molar-refractivity contribution in [2.75, 3.05) is 25.2 Å². The minimum absolute atomic E-state index is 0.0354. The Hall–Kier alpha value is -3.39. The minimum atomic E-state index is -5.48. The second-order valence-electron chi connectivity index (χ2n) is 9.80. The number of esters is 1. The number of alkyl carbamates (subject to hydrolysis) is 1. The van der Waals surface area contributed by atoms with E-state index < -0.39 is 66.2 Å². The number of hydrogen-bond acceptors (Lipinski definition) is 7. The number of alkyl halides is 3. The molecule has 41 heavy (non-hydrogen) atoms. The summed E-state index contributed by atoms with van der Waals surface area (Å²) in [5.41, 5.74) is -1.49. The van der Waals surface area contributed by atoms with Gasteiger partial charge in [0.25, 0.3) is 0 Å². The number of benzene rings is 2. The van der Waals surface area contributed by atoms with E-state index in [1.165, 1.54) is 0 Å². The maximum atomic E-state index is 16.3. The van der Waals surface area contributed by atoms with Gasteiger partial charge in [-0.2, -0.15) is 13.2 Å². The van der Waals surface area contributed by atoms with Gasteiger partial charge in [-0.05, 0) is 45.2 Å². The summed E-state index contributed by atoms with van der Waals surface area (Å²) in [4.78, 5) is 36.7. The lowest BCUT2D eigenvalue weighted by Gasteiger charge is -2.28. The minimum Gasteiger partial charge on any atom is -0.487 e. The molecular formula is C27H31BrF4N2O7. The monoisotopic (exact) mass is 650 g/mol. The Morgan fingerprint density at radius 1 is 1.12 bits per heavy atom. The highest BCUT2D eigenvalue weighted by molar-refractivity contribution is 9.10. The Morgan fingerprint density at radius 2 is 1.76 bits per heavy atom. The largest absolute Gasteiger partial charge is 0.487 e. The molecule has 0 spiro atoms. The van der Waals surface area contributed by atoms with E-state index in [2.05, 4.69) is 26.0 Å². The number of halogens is 5. The van der Waals surface area contributed by atoms with Crippen molar-refractivity contribution in [3.05, 3.63) is 57.8 Å². The molecule has 1 atom stereocenters. The first-order valence-electron chi connectivity index (χ1n) is 12.3. The third-order valence-corrected chi connectivity index (χ3v) is 6.12. The Morgan fingerprint density at radius 3 is 2.29 bits per heavy atom. The number of carbonyl (C=O) groups is 3. The Balaban J connectivity index is 2.64. The molecule has 0 aliphatic heterocycles. The molecule has 0 saturated heterocycles. The van der Waals surface area contributed by atoms with Crippen molar-refractivity contribution in [3.63, 3.8) is 0 Å². The fourth-order valence-electron chi connectivity index (χ4n) is 3.61. The number of amides is 2. The third-order valence-electron chi connectivity index (χ3n) is 5.41. The van der Waals surface area contributed by atoms with E-state index in [4.69, 9.17) is 9.47 Å². The first-order valence-corrected chi connectivity index (χ1v) is 13.1. The highest BCUT2D eigenvalue weighted by Crippen LogP contribution is 2.40. The zero-order valence-electron chi connectivity index (χ0n) is 22.8. The Kier molecular flexibility index (Phi) is 11.9. The molecule has 9 nitrogen and oxygen atoms in total. The van der Waals surface area contributed by atoms with Gasteiger partial charge in [0.15, 0.2) is 5.82 Å². The number of aliphatic hydroxyl groups excluding tert-OH is 1. The van der Waals surface area contributed by atoms with Crippen LogP contribution in [0.1, 0.15) is 38.3 Å². The lowest BCUT2D eigenvalue weighted by Crippen LogP contribution is -2.45. The van der Waals surface area contributed by atoms with Gasteiger partial charge in [-0.3, -0.25) is 14.5 Å². The van der Waals surface area contributed by atoms with Crippen LogP contribution in [0.5, 0.6) is 5.75 Å². The van der Waals surface area contributed by atoms with Crippen LogP contribution in [0.4, 0.5) is 28.0 Å². The summed E-state index contributed by atoms with van der Waals surface area (Å²) < 4.78 is 72.5. The second kappa shape index (κ2) is 14.5. The molecule has 0 saturated carbocycles. The number of methoxy groups -OCH3 is 1. The third kappa shape index (κ3) is 10.2. The SMILES string of the molecule is COC(=O)CN(C(=O)C(F)(F)F)c1c(OCc2ccccc2)cc(Br)c(C[C@@H](CCO)NC(=O)OC(C)(C)C)c1F.